The summed E-state index contributed by atoms with van der Waals surface area (Å²) in [5, 5.41) is 8.14. The Labute approximate surface area is 223 Å². The van der Waals surface area contributed by atoms with Gasteiger partial charge in [-0.3, -0.25) is 4.79 Å². The maximum Gasteiger partial charge on any atom is 0.258 e. The van der Waals surface area contributed by atoms with E-state index in [1.807, 2.05) is 10.8 Å². The lowest BCUT2D eigenvalue weighted by Gasteiger charge is -2.17. The number of unbranched alkanes of at least 4 members (excludes halogenated alkanes) is 1. The van der Waals surface area contributed by atoms with E-state index in [0.29, 0.717) is 32.9 Å². The Balaban J connectivity index is 1.50. The summed E-state index contributed by atoms with van der Waals surface area (Å²) in [6.07, 6.45) is 8.90. The third-order valence-electron chi connectivity index (χ3n) is 5.18. The van der Waals surface area contributed by atoms with Crippen molar-refractivity contribution >= 4 is 78.1 Å². The predicted octanol–water partition coefficient (Wildman–Crippen LogP) is 6.12. The van der Waals surface area contributed by atoms with Gasteiger partial charge in [-0.25, -0.2) is 15.0 Å². The van der Waals surface area contributed by atoms with E-state index in [2.05, 4.69) is 41.5 Å². The van der Waals surface area contributed by atoms with Gasteiger partial charge in [0.2, 0.25) is 0 Å². The van der Waals surface area contributed by atoms with Crippen molar-refractivity contribution < 1.29 is 14.3 Å². The Morgan fingerprint density at radius 1 is 1.17 bits per heavy atom. The number of carbonyl (C=O) groups excluding carboxylic acids is 1. The first kappa shape index (κ1) is 25.5. The van der Waals surface area contributed by atoms with Gasteiger partial charge in [0.1, 0.15) is 26.7 Å². The highest BCUT2D eigenvalue weighted by atomic mass is 79.9. The van der Waals surface area contributed by atoms with E-state index in [-0.39, 0.29) is 15.7 Å². The zero-order chi connectivity index (χ0) is 24.9. The molecule has 1 aromatic carbocycles. The van der Waals surface area contributed by atoms with E-state index in [1.165, 1.54) is 31.9 Å². The van der Waals surface area contributed by atoms with Crippen molar-refractivity contribution in [1.29, 1.82) is 0 Å². The maximum atomic E-state index is 13.2. The number of rotatable bonds is 10. The van der Waals surface area contributed by atoms with Gasteiger partial charge in [-0.1, -0.05) is 23.2 Å². The summed E-state index contributed by atoms with van der Waals surface area (Å²) in [6.45, 7) is 1.64. The summed E-state index contributed by atoms with van der Waals surface area (Å²) >= 11 is 17.7. The first-order valence-electron chi connectivity index (χ1n) is 10.5. The van der Waals surface area contributed by atoms with Crippen LogP contribution in [0, 0.1) is 0 Å². The molecule has 0 saturated carbocycles. The summed E-state index contributed by atoms with van der Waals surface area (Å²) in [4.78, 5) is 25.9. The molecule has 4 aromatic rings. The standard InChI is InChI=1S/C22H21BrCl2N6O3S/c1-33-18-13(23)19(34-2)15(25)17(14(18)24)30-22(32)12-9-35-20-16(12)28-10-29-21(20)27-5-3-4-7-31-8-6-26-11-31/h6,8-11H,3-5,7H2,1-2H3,(H,30,32)(H,27,28,29). The minimum absolute atomic E-state index is 0.144. The smallest absolute Gasteiger partial charge is 0.258 e. The molecule has 9 nitrogen and oxygen atoms in total. The van der Waals surface area contributed by atoms with Gasteiger partial charge in [0, 0.05) is 30.9 Å². The first-order chi connectivity index (χ1) is 17.0. The molecule has 2 N–H and O–H groups in total. The second-order valence-electron chi connectivity index (χ2n) is 7.32. The van der Waals surface area contributed by atoms with Crippen LogP contribution in [-0.4, -0.2) is 46.2 Å². The number of ether oxygens (including phenoxy) is 2. The zero-order valence-corrected chi connectivity index (χ0v) is 22.7. The van der Waals surface area contributed by atoms with Crippen molar-refractivity contribution in [3.8, 4) is 11.5 Å². The van der Waals surface area contributed by atoms with Crippen LogP contribution < -0.4 is 20.1 Å². The minimum atomic E-state index is -0.420. The van der Waals surface area contributed by atoms with E-state index >= 15 is 0 Å². The third kappa shape index (κ3) is 5.32. The monoisotopic (exact) mass is 598 g/mol. The molecule has 3 aromatic heterocycles. The summed E-state index contributed by atoms with van der Waals surface area (Å²) in [7, 11) is 2.92. The van der Waals surface area contributed by atoms with Crippen LogP contribution in [0.5, 0.6) is 11.5 Å². The zero-order valence-electron chi connectivity index (χ0n) is 18.8. The number of hydrogen-bond acceptors (Lipinski definition) is 8. The molecule has 0 radical (unpaired) electrons. The van der Waals surface area contributed by atoms with E-state index < -0.39 is 5.91 Å². The van der Waals surface area contributed by atoms with E-state index in [1.54, 1.807) is 17.9 Å². The highest BCUT2D eigenvalue weighted by Crippen LogP contribution is 2.50. The number of imidazole rings is 1. The number of anilines is 2. The number of nitrogens with zero attached hydrogens (tertiary/aromatic N) is 4. The lowest BCUT2D eigenvalue weighted by atomic mass is 10.2. The first-order valence-corrected chi connectivity index (χ1v) is 12.9. The lowest BCUT2D eigenvalue weighted by molar-refractivity contribution is 0.102. The van der Waals surface area contributed by atoms with Gasteiger partial charge in [-0.05, 0) is 28.8 Å². The average molecular weight is 600 g/mol. The molecule has 0 bridgehead atoms. The van der Waals surface area contributed by atoms with Gasteiger partial charge in [-0.15, -0.1) is 11.3 Å². The van der Waals surface area contributed by atoms with Crippen LogP contribution in [-0.2, 0) is 6.54 Å². The minimum Gasteiger partial charge on any atom is -0.494 e. The summed E-state index contributed by atoms with van der Waals surface area (Å²) in [5.41, 5.74) is 1.09. The summed E-state index contributed by atoms with van der Waals surface area (Å²) in [6, 6.07) is 0. The predicted molar refractivity (Wildman–Crippen MR) is 143 cm³/mol. The second kappa shape index (κ2) is 11.4. The molecule has 4 rings (SSSR count). The topological polar surface area (TPSA) is 103 Å². The van der Waals surface area contributed by atoms with Gasteiger partial charge < -0.3 is 24.7 Å². The number of benzene rings is 1. The number of methoxy groups -OCH3 is 2. The molecular weight excluding hydrogens is 579 g/mol. The van der Waals surface area contributed by atoms with Crippen molar-refractivity contribution in [3.05, 3.63) is 50.5 Å². The van der Waals surface area contributed by atoms with Crippen LogP contribution in [0.25, 0.3) is 10.2 Å². The molecule has 0 saturated heterocycles. The Bertz CT molecular complexity index is 1320. The normalized spacial score (nSPS) is 11.0. The lowest BCUT2D eigenvalue weighted by Crippen LogP contribution is -2.13. The van der Waals surface area contributed by atoms with Crippen LogP contribution in [0.3, 0.4) is 0 Å². The summed E-state index contributed by atoms with van der Waals surface area (Å²) < 4.78 is 14.0. The maximum absolute atomic E-state index is 13.2. The Morgan fingerprint density at radius 2 is 1.91 bits per heavy atom. The van der Waals surface area contributed by atoms with E-state index in [9.17, 15) is 4.79 Å². The third-order valence-corrected chi connectivity index (χ3v) is 7.59. The molecule has 35 heavy (non-hydrogen) atoms. The highest BCUT2D eigenvalue weighted by molar-refractivity contribution is 9.10. The number of nitrogens with one attached hydrogen (secondary N) is 2. The molecular formula is C22H21BrCl2N6O3S. The Hall–Kier alpha value is -2.60. The molecule has 0 fully saturated rings. The number of fused-ring (bicyclic) bond motifs is 1. The SMILES string of the molecule is COc1c(Cl)c(NC(=O)c2csc3c(NCCCCn4ccnc4)ncnc23)c(Cl)c(OC)c1Br. The van der Waals surface area contributed by atoms with Crippen molar-refractivity contribution in [1.82, 2.24) is 19.5 Å². The Kier molecular flexibility index (Phi) is 8.32. The molecule has 0 aliphatic carbocycles. The molecule has 0 aliphatic rings. The van der Waals surface area contributed by atoms with Gasteiger partial charge in [0.05, 0.1) is 42.0 Å². The molecule has 0 unspecified atom stereocenters. The van der Waals surface area contributed by atoms with Crippen molar-refractivity contribution in [2.45, 2.75) is 19.4 Å². The number of halogens is 3. The van der Waals surface area contributed by atoms with Gasteiger partial charge in [0.25, 0.3) is 5.91 Å². The fourth-order valence-corrected chi connectivity index (χ4v) is 6.04. The molecule has 1 amide bonds. The number of aromatic nitrogens is 4. The van der Waals surface area contributed by atoms with Crippen LogP contribution in [0.2, 0.25) is 10.0 Å². The van der Waals surface area contributed by atoms with E-state index in [0.717, 1.165) is 30.6 Å². The van der Waals surface area contributed by atoms with Gasteiger partial charge in [0.15, 0.2) is 11.5 Å². The van der Waals surface area contributed by atoms with Crippen molar-refractivity contribution in [2.24, 2.45) is 0 Å². The number of aryl methyl sites for hydroxylation is 1. The molecule has 0 aliphatic heterocycles. The largest absolute Gasteiger partial charge is 0.494 e. The number of amides is 1. The molecule has 3 heterocycles. The fourth-order valence-electron chi connectivity index (χ4n) is 3.45. The molecule has 0 atom stereocenters. The molecule has 13 heteroatoms. The highest BCUT2D eigenvalue weighted by Gasteiger charge is 2.25. The van der Waals surface area contributed by atoms with Crippen LogP contribution in [0.1, 0.15) is 23.2 Å². The average Bonchev–Trinajstić information content (AvgIpc) is 3.52. The number of thiophene rings is 1. The van der Waals surface area contributed by atoms with Crippen LogP contribution in [0.15, 0.2) is 34.9 Å². The Morgan fingerprint density at radius 3 is 2.57 bits per heavy atom. The van der Waals surface area contributed by atoms with Crippen LogP contribution in [0.4, 0.5) is 11.5 Å². The fraction of sp³-hybridized carbons (Fsp3) is 0.273. The second-order valence-corrected chi connectivity index (χ2v) is 9.75. The molecule has 184 valence electrons. The summed E-state index contributed by atoms with van der Waals surface area (Å²) in [5.74, 6) is 0.849. The molecule has 0 spiro atoms. The van der Waals surface area contributed by atoms with Gasteiger partial charge in [-0.2, -0.15) is 0 Å². The number of carbonyl (C=O) groups is 1. The van der Waals surface area contributed by atoms with Crippen molar-refractivity contribution in [3.63, 3.8) is 0 Å². The van der Waals surface area contributed by atoms with Crippen LogP contribution >= 0.6 is 50.5 Å². The quantitative estimate of drug-likeness (QED) is 0.212. The van der Waals surface area contributed by atoms with E-state index in [4.69, 9.17) is 32.7 Å². The van der Waals surface area contributed by atoms with Crippen molar-refractivity contribution in [2.75, 3.05) is 31.4 Å². The number of hydrogen-bond donors (Lipinski definition) is 2. The van der Waals surface area contributed by atoms with Gasteiger partial charge >= 0.3 is 0 Å².